The third kappa shape index (κ3) is 4.93. The predicted octanol–water partition coefficient (Wildman–Crippen LogP) is 2.30. The maximum absolute atomic E-state index is 13.9. The Kier molecular flexibility index (Phi) is 6.20. The van der Waals surface area contributed by atoms with Gasteiger partial charge >= 0.3 is 5.69 Å². The molecule has 0 spiro atoms. The third-order valence-corrected chi connectivity index (χ3v) is 4.53. The number of anilines is 1. The Morgan fingerprint density at radius 3 is 2.48 bits per heavy atom. The lowest BCUT2D eigenvalue weighted by Crippen LogP contribution is -2.49. The van der Waals surface area contributed by atoms with Gasteiger partial charge in [0.2, 0.25) is 0 Å². The summed E-state index contributed by atoms with van der Waals surface area (Å²) in [6.07, 6.45) is -0.773. The minimum atomic E-state index is -0.773. The van der Waals surface area contributed by atoms with Gasteiger partial charge in [-0.3, -0.25) is 15.0 Å². The molecule has 1 fully saturated rings. The van der Waals surface area contributed by atoms with Crippen LogP contribution in [0.5, 0.6) is 5.75 Å². The molecule has 0 saturated carbocycles. The number of benzene rings is 2. The van der Waals surface area contributed by atoms with E-state index in [-0.39, 0.29) is 23.9 Å². The second-order valence-corrected chi connectivity index (χ2v) is 6.43. The van der Waals surface area contributed by atoms with Gasteiger partial charge in [0.05, 0.1) is 10.6 Å². The molecule has 1 N–H and O–H groups in total. The van der Waals surface area contributed by atoms with E-state index in [0.29, 0.717) is 38.4 Å². The van der Waals surface area contributed by atoms with Gasteiger partial charge < -0.3 is 14.7 Å². The number of nitrogens with zero attached hydrogens (tertiary/aromatic N) is 3. The smallest absolute Gasteiger partial charge is 0.310 e. The van der Waals surface area contributed by atoms with Crippen LogP contribution in [0.15, 0.2) is 48.5 Å². The van der Waals surface area contributed by atoms with Crippen LogP contribution < -0.4 is 9.64 Å². The van der Waals surface area contributed by atoms with Gasteiger partial charge in [-0.15, -0.1) is 0 Å². The largest absolute Gasteiger partial charge is 0.484 e. The van der Waals surface area contributed by atoms with E-state index >= 15 is 0 Å². The zero-order chi connectivity index (χ0) is 19.2. The van der Waals surface area contributed by atoms with Crippen molar-refractivity contribution < 1.29 is 19.2 Å². The van der Waals surface area contributed by atoms with Crippen LogP contribution in [0.25, 0.3) is 0 Å². The van der Waals surface area contributed by atoms with Crippen molar-refractivity contribution in [2.24, 2.45) is 0 Å². The number of nitro groups is 1. The molecular weight excluding hydrogens is 353 g/mol. The number of rotatable bonds is 7. The van der Waals surface area contributed by atoms with E-state index in [2.05, 4.69) is 4.90 Å². The summed E-state index contributed by atoms with van der Waals surface area (Å²) in [6, 6.07) is 12.8. The summed E-state index contributed by atoms with van der Waals surface area (Å²) in [7, 11) is 0. The molecule has 0 aromatic heterocycles. The number of hydrogen-bond donors (Lipinski definition) is 1. The van der Waals surface area contributed by atoms with Crippen LogP contribution in [0.4, 0.5) is 15.8 Å². The molecule has 1 saturated heterocycles. The molecule has 27 heavy (non-hydrogen) atoms. The minimum absolute atomic E-state index is 0.0294. The van der Waals surface area contributed by atoms with Gasteiger partial charge in [-0.1, -0.05) is 24.3 Å². The molecule has 0 aliphatic carbocycles. The van der Waals surface area contributed by atoms with Crippen LogP contribution in [-0.2, 0) is 0 Å². The molecule has 0 bridgehead atoms. The van der Waals surface area contributed by atoms with Crippen molar-refractivity contribution in [2.75, 3.05) is 44.2 Å². The third-order valence-electron chi connectivity index (χ3n) is 4.53. The van der Waals surface area contributed by atoms with Crippen LogP contribution in [-0.4, -0.2) is 60.4 Å². The SMILES string of the molecule is O=[N+]([O-])c1ccccc1OC[C@@H](O)CN1CCN(c2ccccc2F)CC1. The fourth-order valence-corrected chi connectivity index (χ4v) is 3.15. The molecular formula is C19H22FN3O4. The first-order valence-electron chi connectivity index (χ1n) is 8.80. The number of aliphatic hydroxyl groups is 1. The number of β-amino-alcohol motifs (C(OH)–C–C–N with tert-alkyl or cyclic N) is 1. The van der Waals surface area contributed by atoms with Crippen molar-refractivity contribution in [1.29, 1.82) is 0 Å². The highest BCUT2D eigenvalue weighted by molar-refractivity contribution is 5.48. The summed E-state index contributed by atoms with van der Waals surface area (Å²) in [5.74, 6) is -0.0882. The quantitative estimate of drug-likeness (QED) is 0.591. The Labute approximate surface area is 156 Å². The average Bonchev–Trinajstić information content (AvgIpc) is 2.68. The second-order valence-electron chi connectivity index (χ2n) is 6.43. The number of hydrogen-bond acceptors (Lipinski definition) is 6. The number of nitro benzene ring substituents is 1. The Morgan fingerprint density at radius 1 is 1.11 bits per heavy atom. The highest BCUT2D eigenvalue weighted by Crippen LogP contribution is 2.26. The highest BCUT2D eigenvalue weighted by Gasteiger charge is 2.22. The molecule has 0 radical (unpaired) electrons. The predicted molar refractivity (Wildman–Crippen MR) is 99.7 cm³/mol. The number of piperazine rings is 1. The Morgan fingerprint density at radius 2 is 1.78 bits per heavy atom. The number of aliphatic hydroxyl groups excluding tert-OH is 1. The van der Waals surface area contributed by atoms with E-state index in [4.69, 9.17) is 4.74 Å². The van der Waals surface area contributed by atoms with Crippen LogP contribution in [0.2, 0.25) is 0 Å². The maximum atomic E-state index is 13.9. The van der Waals surface area contributed by atoms with Crippen molar-refractivity contribution in [3.63, 3.8) is 0 Å². The van der Waals surface area contributed by atoms with Crippen molar-refractivity contribution in [3.05, 3.63) is 64.5 Å². The maximum Gasteiger partial charge on any atom is 0.310 e. The molecule has 7 nitrogen and oxygen atoms in total. The Balaban J connectivity index is 1.47. The normalized spacial score (nSPS) is 16.1. The topological polar surface area (TPSA) is 79.1 Å². The first-order valence-corrected chi connectivity index (χ1v) is 8.80. The van der Waals surface area contributed by atoms with E-state index < -0.39 is 11.0 Å². The fourth-order valence-electron chi connectivity index (χ4n) is 3.15. The highest BCUT2D eigenvalue weighted by atomic mass is 19.1. The van der Waals surface area contributed by atoms with Crippen LogP contribution in [0, 0.1) is 15.9 Å². The molecule has 2 aromatic rings. The van der Waals surface area contributed by atoms with Gasteiger partial charge in [0.1, 0.15) is 18.5 Å². The molecule has 1 aliphatic rings. The molecule has 8 heteroatoms. The Bertz CT molecular complexity index is 781. The molecule has 1 atom stereocenters. The molecule has 144 valence electrons. The number of halogens is 1. The van der Waals surface area contributed by atoms with E-state index in [0.717, 1.165) is 0 Å². The molecule has 1 aliphatic heterocycles. The summed E-state index contributed by atoms with van der Waals surface area (Å²) >= 11 is 0. The number of ether oxygens (including phenoxy) is 1. The lowest BCUT2D eigenvalue weighted by atomic mass is 10.2. The van der Waals surface area contributed by atoms with Gasteiger partial charge in [0, 0.05) is 38.8 Å². The van der Waals surface area contributed by atoms with E-state index in [1.807, 2.05) is 11.0 Å². The second kappa shape index (κ2) is 8.79. The first kappa shape index (κ1) is 19.1. The van der Waals surface area contributed by atoms with Crippen LogP contribution in [0.1, 0.15) is 0 Å². The summed E-state index contributed by atoms with van der Waals surface area (Å²) in [6.45, 7) is 3.08. The fraction of sp³-hybridized carbons (Fsp3) is 0.368. The number of para-hydroxylation sites is 3. The van der Waals surface area contributed by atoms with Crippen molar-refractivity contribution in [3.8, 4) is 5.75 Å². The summed E-state index contributed by atoms with van der Waals surface area (Å²) in [5, 5.41) is 21.2. The van der Waals surface area contributed by atoms with E-state index in [1.165, 1.54) is 18.2 Å². The lowest BCUT2D eigenvalue weighted by Gasteiger charge is -2.36. The summed E-state index contributed by atoms with van der Waals surface area (Å²) < 4.78 is 19.3. The van der Waals surface area contributed by atoms with Crippen LogP contribution in [0.3, 0.4) is 0 Å². The zero-order valence-electron chi connectivity index (χ0n) is 14.8. The van der Waals surface area contributed by atoms with E-state index in [1.54, 1.807) is 24.3 Å². The molecule has 0 amide bonds. The Hall–Kier alpha value is -2.71. The van der Waals surface area contributed by atoms with Gasteiger partial charge in [-0.25, -0.2) is 4.39 Å². The monoisotopic (exact) mass is 375 g/mol. The molecule has 2 aromatic carbocycles. The average molecular weight is 375 g/mol. The molecule has 1 heterocycles. The van der Waals surface area contributed by atoms with Gasteiger partial charge in [0.15, 0.2) is 5.75 Å². The van der Waals surface area contributed by atoms with Crippen molar-refractivity contribution in [1.82, 2.24) is 4.90 Å². The van der Waals surface area contributed by atoms with Gasteiger partial charge in [0.25, 0.3) is 0 Å². The van der Waals surface area contributed by atoms with Crippen molar-refractivity contribution >= 4 is 11.4 Å². The first-order chi connectivity index (χ1) is 13.0. The summed E-state index contributed by atoms with van der Waals surface area (Å²) in [5.41, 5.74) is 0.473. The van der Waals surface area contributed by atoms with Gasteiger partial charge in [-0.05, 0) is 18.2 Å². The standard InChI is InChI=1S/C19H22FN3O4/c20-16-5-1-2-6-17(16)22-11-9-21(10-12-22)13-15(24)14-27-19-8-4-3-7-18(19)23(25)26/h1-8,15,24H,9-14H2/t15-/m0/s1. The van der Waals surface area contributed by atoms with Gasteiger partial charge in [-0.2, -0.15) is 0 Å². The lowest BCUT2D eigenvalue weighted by molar-refractivity contribution is -0.385. The molecule has 0 unspecified atom stereocenters. The van der Waals surface area contributed by atoms with Crippen LogP contribution >= 0.6 is 0 Å². The summed E-state index contributed by atoms with van der Waals surface area (Å²) in [4.78, 5) is 14.5. The molecule has 3 rings (SSSR count). The minimum Gasteiger partial charge on any atom is -0.484 e. The zero-order valence-corrected chi connectivity index (χ0v) is 14.8. The van der Waals surface area contributed by atoms with Crippen molar-refractivity contribution in [2.45, 2.75) is 6.10 Å². The van der Waals surface area contributed by atoms with E-state index in [9.17, 15) is 19.6 Å².